The minimum Gasteiger partial charge on any atom is -0.454 e. The standard InChI is InChI=1S/C47H33NO/c1-47(2)41-19-9-7-17-37(41)39-29-35(24-25-42(39)47)48(43-20-10-8-16-36(43)34-23-22-30-12-3-4-13-31(30)26-34)44-21-11-18-38-40-27-32-14-5-6-15-33(32)28-45(40)49-46(38)44/h3-29H,1-2H3. The highest BCUT2D eigenvalue weighted by Gasteiger charge is 2.36. The van der Waals surface area contributed by atoms with Crippen molar-refractivity contribution in [3.05, 3.63) is 175 Å². The van der Waals surface area contributed by atoms with Gasteiger partial charge in [0.1, 0.15) is 5.58 Å². The van der Waals surface area contributed by atoms with Crippen LogP contribution in [0.15, 0.2) is 168 Å². The fraction of sp³-hybridized carbons (Fsp3) is 0.0638. The van der Waals surface area contributed by atoms with E-state index in [1.54, 1.807) is 0 Å². The second-order valence-corrected chi connectivity index (χ2v) is 13.8. The van der Waals surface area contributed by atoms with Crippen LogP contribution in [0, 0.1) is 0 Å². The van der Waals surface area contributed by atoms with Crippen LogP contribution in [0.4, 0.5) is 17.1 Å². The maximum Gasteiger partial charge on any atom is 0.159 e. The number of hydrogen-bond donors (Lipinski definition) is 0. The van der Waals surface area contributed by atoms with Gasteiger partial charge in [-0.3, -0.25) is 0 Å². The summed E-state index contributed by atoms with van der Waals surface area (Å²) in [5, 5.41) is 7.08. The molecular weight excluding hydrogens is 595 g/mol. The molecule has 1 aliphatic carbocycles. The van der Waals surface area contributed by atoms with Crippen LogP contribution in [-0.2, 0) is 5.41 Å². The van der Waals surface area contributed by atoms with E-state index in [1.807, 2.05) is 0 Å². The molecule has 0 aliphatic heterocycles. The summed E-state index contributed by atoms with van der Waals surface area (Å²) >= 11 is 0. The lowest BCUT2D eigenvalue weighted by atomic mass is 9.82. The number of rotatable bonds is 4. The summed E-state index contributed by atoms with van der Waals surface area (Å²) in [6, 6.07) is 59.5. The number of anilines is 3. The minimum absolute atomic E-state index is 0.0704. The zero-order valence-corrected chi connectivity index (χ0v) is 27.4. The van der Waals surface area contributed by atoms with E-state index in [-0.39, 0.29) is 5.41 Å². The molecule has 0 radical (unpaired) electrons. The molecule has 9 aromatic rings. The van der Waals surface area contributed by atoms with Gasteiger partial charge >= 0.3 is 0 Å². The Balaban J connectivity index is 1.26. The Morgan fingerprint density at radius 1 is 0.449 bits per heavy atom. The summed E-state index contributed by atoms with van der Waals surface area (Å²) in [6.45, 7) is 4.67. The van der Waals surface area contributed by atoms with Gasteiger partial charge in [0.05, 0.1) is 11.4 Å². The normalized spacial score (nSPS) is 13.3. The van der Waals surface area contributed by atoms with E-state index in [1.165, 1.54) is 49.4 Å². The summed E-state index contributed by atoms with van der Waals surface area (Å²) in [4.78, 5) is 2.41. The van der Waals surface area contributed by atoms with E-state index < -0.39 is 0 Å². The van der Waals surface area contributed by atoms with Gasteiger partial charge in [-0.25, -0.2) is 0 Å². The van der Waals surface area contributed by atoms with Gasteiger partial charge in [0, 0.05) is 27.4 Å². The van der Waals surface area contributed by atoms with Gasteiger partial charge in [-0.2, -0.15) is 0 Å². The molecule has 0 saturated heterocycles. The van der Waals surface area contributed by atoms with Crippen LogP contribution in [0.5, 0.6) is 0 Å². The van der Waals surface area contributed by atoms with Crippen molar-refractivity contribution < 1.29 is 4.42 Å². The smallest absolute Gasteiger partial charge is 0.159 e. The van der Waals surface area contributed by atoms with Crippen LogP contribution < -0.4 is 4.90 Å². The summed E-state index contributed by atoms with van der Waals surface area (Å²) in [6.07, 6.45) is 0. The van der Waals surface area contributed by atoms with Crippen molar-refractivity contribution in [2.45, 2.75) is 19.3 Å². The highest BCUT2D eigenvalue weighted by Crippen LogP contribution is 2.52. The van der Waals surface area contributed by atoms with E-state index in [0.29, 0.717) is 0 Å². The molecule has 0 fully saturated rings. The van der Waals surface area contributed by atoms with Crippen LogP contribution in [0.1, 0.15) is 25.0 Å². The van der Waals surface area contributed by atoms with E-state index in [2.05, 4.69) is 183 Å². The zero-order chi connectivity index (χ0) is 32.7. The Morgan fingerprint density at radius 3 is 1.94 bits per heavy atom. The summed E-state index contributed by atoms with van der Waals surface area (Å²) < 4.78 is 6.86. The molecule has 0 bridgehead atoms. The van der Waals surface area contributed by atoms with Crippen LogP contribution in [0.2, 0.25) is 0 Å². The lowest BCUT2D eigenvalue weighted by molar-refractivity contribution is 0.660. The molecule has 2 nitrogen and oxygen atoms in total. The highest BCUT2D eigenvalue weighted by molar-refractivity contribution is 6.14. The molecule has 0 N–H and O–H groups in total. The average Bonchev–Trinajstić information content (AvgIpc) is 3.62. The Bertz CT molecular complexity index is 2770. The third kappa shape index (κ3) is 4.20. The maximum atomic E-state index is 6.86. The van der Waals surface area contributed by atoms with Gasteiger partial charge in [0.2, 0.25) is 0 Å². The second-order valence-electron chi connectivity index (χ2n) is 13.8. The lowest BCUT2D eigenvalue weighted by Crippen LogP contribution is -2.15. The zero-order valence-electron chi connectivity index (χ0n) is 27.4. The molecule has 8 aromatic carbocycles. The molecule has 0 saturated carbocycles. The van der Waals surface area contributed by atoms with E-state index in [0.717, 1.165) is 44.6 Å². The van der Waals surface area contributed by atoms with Gasteiger partial charge in [-0.1, -0.05) is 135 Å². The van der Waals surface area contributed by atoms with Gasteiger partial charge < -0.3 is 9.32 Å². The van der Waals surface area contributed by atoms with E-state index >= 15 is 0 Å². The summed E-state index contributed by atoms with van der Waals surface area (Å²) in [7, 11) is 0. The molecule has 232 valence electrons. The number of furan rings is 1. The number of para-hydroxylation sites is 2. The monoisotopic (exact) mass is 627 g/mol. The van der Waals surface area contributed by atoms with Crippen LogP contribution >= 0.6 is 0 Å². The van der Waals surface area contributed by atoms with Crippen molar-refractivity contribution in [2.24, 2.45) is 0 Å². The second kappa shape index (κ2) is 10.4. The molecular formula is C47H33NO. The first-order valence-electron chi connectivity index (χ1n) is 17.0. The van der Waals surface area contributed by atoms with Crippen molar-refractivity contribution in [2.75, 3.05) is 4.90 Å². The lowest BCUT2D eigenvalue weighted by Gasteiger charge is -2.29. The third-order valence-corrected chi connectivity index (χ3v) is 10.6. The van der Waals surface area contributed by atoms with Crippen molar-refractivity contribution in [3.63, 3.8) is 0 Å². The largest absolute Gasteiger partial charge is 0.454 e. The van der Waals surface area contributed by atoms with Crippen molar-refractivity contribution in [3.8, 4) is 22.3 Å². The summed E-state index contributed by atoms with van der Waals surface area (Å²) in [5.74, 6) is 0. The Hall–Kier alpha value is -6.12. The first-order chi connectivity index (χ1) is 24.0. The van der Waals surface area contributed by atoms with Gasteiger partial charge in [-0.15, -0.1) is 0 Å². The SMILES string of the molecule is CC1(C)c2ccccc2-c2cc(N(c3ccccc3-c3ccc4ccccc4c3)c3cccc4c3oc3cc5ccccc5cc34)ccc21. The number of nitrogens with zero attached hydrogens (tertiary/aromatic N) is 1. The Labute approximate surface area is 285 Å². The molecule has 1 aliphatic rings. The van der Waals surface area contributed by atoms with Crippen LogP contribution in [0.3, 0.4) is 0 Å². The molecule has 0 amide bonds. The molecule has 1 heterocycles. The maximum absolute atomic E-state index is 6.86. The van der Waals surface area contributed by atoms with Crippen LogP contribution in [-0.4, -0.2) is 0 Å². The molecule has 0 atom stereocenters. The predicted octanol–water partition coefficient (Wildman–Crippen LogP) is 13.3. The highest BCUT2D eigenvalue weighted by atomic mass is 16.3. The molecule has 2 heteroatoms. The van der Waals surface area contributed by atoms with E-state index in [4.69, 9.17) is 4.42 Å². The quantitative estimate of drug-likeness (QED) is 0.193. The minimum atomic E-state index is -0.0704. The number of benzene rings is 8. The van der Waals surface area contributed by atoms with Crippen LogP contribution in [0.25, 0.3) is 65.7 Å². The predicted molar refractivity (Wildman–Crippen MR) is 206 cm³/mol. The van der Waals surface area contributed by atoms with Crippen molar-refractivity contribution in [1.82, 2.24) is 0 Å². The van der Waals surface area contributed by atoms with Crippen molar-refractivity contribution >= 4 is 60.5 Å². The molecule has 49 heavy (non-hydrogen) atoms. The van der Waals surface area contributed by atoms with E-state index in [9.17, 15) is 0 Å². The number of fused-ring (bicyclic) bond motifs is 8. The topological polar surface area (TPSA) is 16.4 Å². The molecule has 10 rings (SSSR count). The van der Waals surface area contributed by atoms with Gasteiger partial charge in [0.25, 0.3) is 0 Å². The van der Waals surface area contributed by atoms with Gasteiger partial charge in [-0.05, 0) is 91.8 Å². The first-order valence-corrected chi connectivity index (χ1v) is 17.0. The first kappa shape index (κ1) is 27.9. The van der Waals surface area contributed by atoms with Gasteiger partial charge in [0.15, 0.2) is 5.58 Å². The molecule has 0 spiro atoms. The Morgan fingerprint density at radius 2 is 1.10 bits per heavy atom. The average molecular weight is 628 g/mol. The Kier molecular flexibility index (Phi) is 5.95. The third-order valence-electron chi connectivity index (χ3n) is 10.6. The number of hydrogen-bond acceptors (Lipinski definition) is 2. The fourth-order valence-electron chi connectivity index (χ4n) is 8.17. The molecule has 1 aromatic heterocycles. The fourth-order valence-corrected chi connectivity index (χ4v) is 8.17. The van der Waals surface area contributed by atoms with Crippen molar-refractivity contribution in [1.29, 1.82) is 0 Å². The summed E-state index contributed by atoms with van der Waals surface area (Å²) in [5.41, 5.74) is 12.6. The molecule has 0 unspecified atom stereocenters.